The third-order valence-corrected chi connectivity index (χ3v) is 8.66. The van der Waals surface area contributed by atoms with Crippen LogP contribution in [0.4, 0.5) is 0 Å². The predicted octanol–water partition coefficient (Wildman–Crippen LogP) is -5.89. The summed E-state index contributed by atoms with van der Waals surface area (Å²) in [5.41, 5.74) is 22.6. The van der Waals surface area contributed by atoms with E-state index in [9.17, 15) is 30.6 Å². The molecule has 1 aliphatic carbocycles. The first-order chi connectivity index (χ1) is 20.6. The molecule has 3 fully saturated rings. The van der Waals surface area contributed by atoms with Crippen molar-refractivity contribution in [3.05, 3.63) is 0 Å². The van der Waals surface area contributed by atoms with Crippen LogP contribution in [-0.4, -0.2) is 159 Å². The lowest BCUT2D eigenvalue weighted by molar-refractivity contribution is -0.313. The molecule has 0 bridgehead atoms. The molecule has 2 aliphatic heterocycles. The van der Waals surface area contributed by atoms with Gasteiger partial charge in [0.2, 0.25) is 0 Å². The first kappa shape index (κ1) is 36.8. The largest absolute Gasteiger partial charge is 0.394 e. The van der Waals surface area contributed by atoms with Crippen LogP contribution in [0.15, 0.2) is 4.99 Å². The van der Waals surface area contributed by atoms with Gasteiger partial charge < -0.3 is 82.9 Å². The van der Waals surface area contributed by atoms with Crippen LogP contribution in [0.5, 0.6) is 0 Å². The summed E-state index contributed by atoms with van der Waals surface area (Å²) in [6.45, 7) is 2.40. The van der Waals surface area contributed by atoms with Gasteiger partial charge in [-0.1, -0.05) is 6.92 Å². The van der Waals surface area contributed by atoms with Crippen molar-refractivity contribution in [3.8, 4) is 0 Å². The van der Waals surface area contributed by atoms with Gasteiger partial charge in [0.15, 0.2) is 12.6 Å². The Bertz CT molecular complexity index is 965. The van der Waals surface area contributed by atoms with Gasteiger partial charge in [0.25, 0.3) is 0 Å². The van der Waals surface area contributed by atoms with E-state index in [0.29, 0.717) is 12.8 Å². The minimum atomic E-state index is -1.94. The Morgan fingerprint density at radius 1 is 1.09 bits per heavy atom. The molecule has 9 unspecified atom stereocenters. The summed E-state index contributed by atoms with van der Waals surface area (Å²) >= 11 is 0. The molecule has 3 aliphatic rings. The maximum atomic E-state index is 11.6. The van der Waals surface area contributed by atoms with E-state index >= 15 is 0 Å². The molecule has 17 N–H and O–H groups in total. The van der Waals surface area contributed by atoms with E-state index in [1.54, 1.807) is 6.92 Å². The second kappa shape index (κ2) is 15.8. The molecule has 256 valence electrons. The normalized spacial score (nSPS) is 42.4. The number of aliphatic imine (C=N–C) groups is 1. The molecule has 0 amide bonds. The number of ether oxygens (including phenoxy) is 4. The Balaban J connectivity index is 1.81. The highest BCUT2D eigenvalue weighted by atomic mass is 16.7. The van der Waals surface area contributed by atoms with Crippen molar-refractivity contribution in [2.45, 2.75) is 118 Å². The van der Waals surface area contributed by atoms with Crippen LogP contribution in [0.3, 0.4) is 0 Å². The Kier molecular flexibility index (Phi) is 13.2. The first-order valence-corrected chi connectivity index (χ1v) is 14.8. The van der Waals surface area contributed by atoms with Crippen molar-refractivity contribution < 1.29 is 54.7 Å². The van der Waals surface area contributed by atoms with Crippen LogP contribution in [0.25, 0.3) is 0 Å². The summed E-state index contributed by atoms with van der Waals surface area (Å²) in [5.74, 6) is -1.07. The Morgan fingerprint density at radius 2 is 1.75 bits per heavy atom. The second-order valence-electron chi connectivity index (χ2n) is 12.2. The van der Waals surface area contributed by atoms with E-state index in [1.807, 2.05) is 0 Å². The lowest BCUT2D eigenvalue weighted by Gasteiger charge is -2.49. The zero-order chi connectivity index (χ0) is 32.9. The molecule has 0 aromatic carbocycles. The van der Waals surface area contributed by atoms with Gasteiger partial charge in [-0.25, -0.2) is 0 Å². The molecule has 3 rings (SSSR count). The molecule has 44 heavy (non-hydrogen) atoms. The van der Waals surface area contributed by atoms with Crippen molar-refractivity contribution in [1.82, 2.24) is 5.32 Å². The first-order valence-electron chi connectivity index (χ1n) is 14.8. The third-order valence-electron chi connectivity index (χ3n) is 8.66. The van der Waals surface area contributed by atoms with E-state index in [2.05, 4.69) is 10.3 Å². The average molecular weight is 638 g/mol. The molecule has 0 aromatic rings. The maximum absolute atomic E-state index is 11.6. The van der Waals surface area contributed by atoms with Crippen LogP contribution in [0, 0.1) is 11.3 Å². The van der Waals surface area contributed by atoms with Crippen LogP contribution < -0.4 is 28.3 Å². The van der Waals surface area contributed by atoms with Gasteiger partial charge >= 0.3 is 0 Å². The smallest absolute Gasteiger partial charge is 0.184 e. The standard InChI is InChI=1S/C26H51N7O11/c1-10-17(36)25(41-9-26(10,2)40)44-22-14(33-23(31)19(38)18(37)15(35)8-34)5-13(29)21(20(22)39)43-24-12(28)4-3-11(42-24)7-32-16(30)6-27/h10-15,17-22,24-25,34-40H,3-9,27-29H2,1-2H3,(H2,30,32)(H2,31,33)/t10-,11+,12?,13+,14-,15?,17?,18?,19?,20?,21?,22?,24-,25-,26?/m1/s1. The van der Waals surface area contributed by atoms with E-state index in [1.165, 1.54) is 6.92 Å². The van der Waals surface area contributed by atoms with Gasteiger partial charge in [-0.15, -0.1) is 0 Å². The summed E-state index contributed by atoms with van der Waals surface area (Å²) in [5, 5.41) is 83.2. The maximum Gasteiger partial charge on any atom is 0.184 e. The fourth-order valence-electron chi connectivity index (χ4n) is 5.45. The van der Waals surface area contributed by atoms with Gasteiger partial charge in [0, 0.05) is 12.0 Å². The highest BCUT2D eigenvalue weighted by molar-refractivity contribution is 5.84. The molecule has 0 spiro atoms. The van der Waals surface area contributed by atoms with Gasteiger partial charge in [-0.05, 0) is 26.2 Å². The number of aliphatic hydroxyl groups excluding tert-OH is 6. The number of nitrogens with one attached hydrogen (secondary N) is 2. The topological polar surface area (TPSA) is 331 Å². The van der Waals surface area contributed by atoms with Gasteiger partial charge in [0.1, 0.15) is 54.4 Å². The van der Waals surface area contributed by atoms with Crippen molar-refractivity contribution in [2.75, 3.05) is 26.3 Å². The zero-order valence-electron chi connectivity index (χ0n) is 25.1. The van der Waals surface area contributed by atoms with Gasteiger partial charge in [-0.3, -0.25) is 10.4 Å². The summed E-state index contributed by atoms with van der Waals surface area (Å²) in [4.78, 5) is 4.19. The lowest BCUT2D eigenvalue weighted by atomic mass is 9.82. The summed E-state index contributed by atoms with van der Waals surface area (Å²) in [6, 6.07) is -2.46. The number of hydrogen-bond donors (Lipinski definition) is 13. The number of hydrogen-bond acceptors (Lipinski definition) is 16. The lowest BCUT2D eigenvalue weighted by Crippen LogP contribution is -2.68. The van der Waals surface area contributed by atoms with Crippen LogP contribution in [-0.2, 0) is 18.9 Å². The molecule has 18 heteroatoms. The van der Waals surface area contributed by atoms with Crippen LogP contribution in [0.2, 0.25) is 0 Å². The van der Waals surface area contributed by atoms with E-state index in [4.69, 9.17) is 52.4 Å². The molecule has 0 radical (unpaired) electrons. The SMILES string of the molecule is C[C@@H]1C(O)[C@@H](OC2C(O)C(O[C@H]3O[C@H](CN=C(N)CN)CCC3N)[C@@H](N)C[C@H]2NC(=N)C(O)C(O)C(O)CO)OCC1(C)O. The Hall–Kier alpha value is -1.62. The minimum Gasteiger partial charge on any atom is -0.394 e. The third kappa shape index (κ3) is 8.80. The molecule has 0 aromatic heterocycles. The summed E-state index contributed by atoms with van der Waals surface area (Å²) < 4.78 is 23.8. The number of rotatable bonds is 12. The highest BCUT2D eigenvalue weighted by Gasteiger charge is 2.51. The van der Waals surface area contributed by atoms with Crippen LogP contribution >= 0.6 is 0 Å². The quantitative estimate of drug-likeness (QED) is 0.0699. The van der Waals surface area contributed by atoms with Gasteiger partial charge in [0.05, 0.1) is 50.1 Å². The summed E-state index contributed by atoms with van der Waals surface area (Å²) in [7, 11) is 0. The zero-order valence-corrected chi connectivity index (χ0v) is 25.1. The van der Waals surface area contributed by atoms with Crippen molar-refractivity contribution in [3.63, 3.8) is 0 Å². The monoisotopic (exact) mass is 637 g/mol. The highest BCUT2D eigenvalue weighted by Crippen LogP contribution is 2.34. The van der Waals surface area contributed by atoms with Crippen LogP contribution in [0.1, 0.15) is 33.1 Å². The fraction of sp³-hybridized carbons (Fsp3) is 0.923. The molecule has 1 saturated carbocycles. The van der Waals surface area contributed by atoms with E-state index in [0.717, 1.165) is 0 Å². The van der Waals surface area contributed by atoms with E-state index < -0.39 is 97.4 Å². The van der Waals surface area contributed by atoms with Crippen molar-refractivity contribution in [2.24, 2.45) is 33.8 Å². The van der Waals surface area contributed by atoms with Crippen molar-refractivity contribution >= 4 is 11.7 Å². The molecule has 15 atom stereocenters. The van der Waals surface area contributed by atoms with Crippen molar-refractivity contribution in [1.29, 1.82) is 5.41 Å². The Labute approximate surface area is 255 Å². The number of nitrogens with zero attached hydrogens (tertiary/aromatic N) is 1. The fourth-order valence-corrected chi connectivity index (χ4v) is 5.45. The molecule has 18 nitrogen and oxygen atoms in total. The second-order valence-corrected chi connectivity index (χ2v) is 12.2. The molecular formula is C26H51N7O11. The molecule has 2 saturated heterocycles. The molecular weight excluding hydrogens is 586 g/mol. The van der Waals surface area contributed by atoms with Gasteiger partial charge in [-0.2, -0.15) is 0 Å². The predicted molar refractivity (Wildman–Crippen MR) is 155 cm³/mol. The number of amidine groups is 2. The minimum absolute atomic E-state index is 0.0149. The average Bonchev–Trinajstić information content (AvgIpc) is 2.99. The number of aliphatic hydroxyl groups is 7. The van der Waals surface area contributed by atoms with E-state index in [-0.39, 0.29) is 38.1 Å². The summed E-state index contributed by atoms with van der Waals surface area (Å²) in [6.07, 6.45) is -12.4. The number of nitrogens with two attached hydrogens (primary N) is 4. The molecule has 2 heterocycles. The Morgan fingerprint density at radius 3 is 2.39 bits per heavy atom.